The molecule has 1 rings (SSSR count). The molecule has 3 heteroatoms. The van der Waals surface area contributed by atoms with Gasteiger partial charge in [0.1, 0.15) is 0 Å². The standard InChI is InChI=1S/C10H17NO2/c1-8(7-10(12)13-2)11-9-5-3-4-6-9/h7,9,11H,3-6H2,1-2H3/b8-7-. The summed E-state index contributed by atoms with van der Waals surface area (Å²) in [5.74, 6) is -0.289. The van der Waals surface area contributed by atoms with Crippen LogP contribution >= 0.6 is 0 Å². The monoisotopic (exact) mass is 183 g/mol. The highest BCUT2D eigenvalue weighted by Gasteiger charge is 2.14. The van der Waals surface area contributed by atoms with Crippen molar-refractivity contribution in [2.24, 2.45) is 0 Å². The smallest absolute Gasteiger partial charge is 0.332 e. The fourth-order valence-electron chi connectivity index (χ4n) is 1.67. The minimum Gasteiger partial charge on any atom is -0.466 e. The van der Waals surface area contributed by atoms with E-state index in [4.69, 9.17) is 0 Å². The molecule has 13 heavy (non-hydrogen) atoms. The van der Waals surface area contributed by atoms with Crippen molar-refractivity contribution in [1.29, 1.82) is 0 Å². The lowest BCUT2D eigenvalue weighted by atomic mass is 10.2. The fraction of sp³-hybridized carbons (Fsp3) is 0.700. The van der Waals surface area contributed by atoms with Gasteiger partial charge in [-0.05, 0) is 19.8 Å². The molecule has 1 N–H and O–H groups in total. The Kier molecular flexibility index (Phi) is 3.80. The summed E-state index contributed by atoms with van der Waals surface area (Å²) in [6, 6.07) is 0.556. The van der Waals surface area contributed by atoms with Crippen LogP contribution in [0.5, 0.6) is 0 Å². The van der Waals surface area contributed by atoms with Crippen molar-refractivity contribution in [3.05, 3.63) is 11.8 Å². The van der Waals surface area contributed by atoms with Gasteiger partial charge in [0.2, 0.25) is 0 Å². The molecule has 74 valence electrons. The summed E-state index contributed by atoms with van der Waals surface area (Å²) in [6.45, 7) is 1.90. The lowest BCUT2D eigenvalue weighted by Crippen LogP contribution is -2.24. The summed E-state index contributed by atoms with van der Waals surface area (Å²) in [6.07, 6.45) is 6.52. The number of ether oxygens (including phenoxy) is 1. The van der Waals surface area contributed by atoms with E-state index in [9.17, 15) is 4.79 Å². The number of allylic oxidation sites excluding steroid dienone is 1. The van der Waals surface area contributed by atoms with Gasteiger partial charge in [0, 0.05) is 17.8 Å². The lowest BCUT2D eigenvalue weighted by molar-refractivity contribution is -0.134. The van der Waals surface area contributed by atoms with Crippen LogP contribution in [-0.2, 0) is 9.53 Å². The van der Waals surface area contributed by atoms with Crippen molar-refractivity contribution < 1.29 is 9.53 Å². The minimum absolute atomic E-state index is 0.289. The first-order chi connectivity index (χ1) is 6.22. The zero-order chi connectivity index (χ0) is 9.68. The zero-order valence-corrected chi connectivity index (χ0v) is 8.30. The number of carbonyl (C=O) groups is 1. The Balaban J connectivity index is 2.34. The van der Waals surface area contributed by atoms with Crippen molar-refractivity contribution in [3.63, 3.8) is 0 Å². The third-order valence-electron chi connectivity index (χ3n) is 2.32. The van der Waals surface area contributed by atoms with Gasteiger partial charge in [-0.15, -0.1) is 0 Å². The number of esters is 1. The van der Waals surface area contributed by atoms with Crippen molar-refractivity contribution >= 4 is 5.97 Å². The molecule has 0 amide bonds. The molecule has 0 radical (unpaired) electrons. The van der Waals surface area contributed by atoms with Gasteiger partial charge in [-0.25, -0.2) is 4.79 Å². The average Bonchev–Trinajstić information content (AvgIpc) is 2.56. The average molecular weight is 183 g/mol. The van der Waals surface area contributed by atoms with Crippen molar-refractivity contribution in [2.45, 2.75) is 38.6 Å². The first kappa shape index (κ1) is 10.1. The molecule has 0 aromatic rings. The highest BCUT2D eigenvalue weighted by atomic mass is 16.5. The van der Waals surface area contributed by atoms with Gasteiger partial charge in [0.05, 0.1) is 7.11 Å². The van der Waals surface area contributed by atoms with Crippen molar-refractivity contribution in [3.8, 4) is 0 Å². The van der Waals surface area contributed by atoms with E-state index >= 15 is 0 Å². The van der Waals surface area contributed by atoms with E-state index in [-0.39, 0.29) is 5.97 Å². The van der Waals surface area contributed by atoms with Crippen LogP contribution < -0.4 is 5.32 Å². The quantitative estimate of drug-likeness (QED) is 0.533. The van der Waals surface area contributed by atoms with E-state index in [2.05, 4.69) is 10.1 Å². The molecule has 0 atom stereocenters. The molecular weight excluding hydrogens is 166 g/mol. The van der Waals surface area contributed by atoms with E-state index < -0.39 is 0 Å². The van der Waals surface area contributed by atoms with Crippen LogP contribution in [0.2, 0.25) is 0 Å². The van der Waals surface area contributed by atoms with Crippen LogP contribution in [0.4, 0.5) is 0 Å². The first-order valence-corrected chi connectivity index (χ1v) is 4.75. The topological polar surface area (TPSA) is 38.3 Å². The number of nitrogens with one attached hydrogen (secondary N) is 1. The summed E-state index contributed by atoms with van der Waals surface area (Å²) < 4.78 is 4.53. The highest BCUT2D eigenvalue weighted by molar-refractivity contribution is 5.82. The van der Waals surface area contributed by atoms with E-state index in [1.54, 1.807) is 0 Å². The van der Waals surface area contributed by atoms with Gasteiger partial charge in [-0.3, -0.25) is 0 Å². The Morgan fingerprint density at radius 3 is 2.62 bits per heavy atom. The van der Waals surface area contributed by atoms with E-state index in [0.29, 0.717) is 6.04 Å². The summed E-state index contributed by atoms with van der Waals surface area (Å²) >= 11 is 0. The Bertz CT molecular complexity index is 205. The van der Waals surface area contributed by atoms with Crippen LogP contribution in [0.25, 0.3) is 0 Å². The number of hydrogen-bond donors (Lipinski definition) is 1. The van der Waals surface area contributed by atoms with E-state index in [1.807, 2.05) is 6.92 Å². The predicted octanol–water partition coefficient (Wildman–Crippen LogP) is 1.60. The Labute approximate surface area is 79.2 Å². The van der Waals surface area contributed by atoms with Crippen LogP contribution in [0.15, 0.2) is 11.8 Å². The molecule has 0 spiro atoms. The van der Waals surface area contributed by atoms with Gasteiger partial charge in [0.15, 0.2) is 0 Å². The maximum absolute atomic E-state index is 10.9. The van der Waals surface area contributed by atoms with Gasteiger partial charge >= 0.3 is 5.97 Å². The van der Waals surface area contributed by atoms with Gasteiger partial charge in [-0.1, -0.05) is 12.8 Å². The fourth-order valence-corrected chi connectivity index (χ4v) is 1.67. The number of carbonyl (C=O) groups excluding carboxylic acids is 1. The van der Waals surface area contributed by atoms with Crippen molar-refractivity contribution in [2.75, 3.05) is 7.11 Å². The number of rotatable bonds is 3. The lowest BCUT2D eigenvalue weighted by Gasteiger charge is -2.12. The summed E-state index contributed by atoms with van der Waals surface area (Å²) in [7, 11) is 1.39. The molecule has 0 aliphatic heterocycles. The normalized spacial score (nSPS) is 18.8. The van der Waals surface area contributed by atoms with Crippen LogP contribution in [-0.4, -0.2) is 19.1 Å². The predicted molar refractivity (Wildman–Crippen MR) is 51.2 cm³/mol. The van der Waals surface area contributed by atoms with Gasteiger partial charge in [0.25, 0.3) is 0 Å². The summed E-state index contributed by atoms with van der Waals surface area (Å²) in [5, 5.41) is 3.30. The second-order valence-electron chi connectivity index (χ2n) is 3.48. The van der Waals surface area contributed by atoms with Gasteiger partial charge < -0.3 is 10.1 Å². The molecule has 1 saturated carbocycles. The van der Waals surface area contributed by atoms with Crippen molar-refractivity contribution in [1.82, 2.24) is 5.32 Å². The van der Waals surface area contributed by atoms with Crippen LogP contribution in [0, 0.1) is 0 Å². The van der Waals surface area contributed by atoms with Gasteiger partial charge in [-0.2, -0.15) is 0 Å². The Morgan fingerprint density at radius 2 is 2.08 bits per heavy atom. The van der Waals surface area contributed by atoms with Crippen LogP contribution in [0.1, 0.15) is 32.6 Å². The zero-order valence-electron chi connectivity index (χ0n) is 8.30. The molecule has 0 aromatic carbocycles. The molecule has 1 fully saturated rings. The molecule has 1 aliphatic rings. The molecule has 1 aliphatic carbocycles. The SMILES string of the molecule is COC(=O)/C=C(/C)NC1CCCC1. The second-order valence-corrected chi connectivity index (χ2v) is 3.48. The largest absolute Gasteiger partial charge is 0.466 e. The van der Waals surface area contributed by atoms with E-state index in [0.717, 1.165) is 5.70 Å². The van der Waals surface area contributed by atoms with E-state index in [1.165, 1.54) is 38.9 Å². The number of hydrogen-bond acceptors (Lipinski definition) is 3. The molecule has 0 aromatic heterocycles. The second kappa shape index (κ2) is 4.90. The maximum Gasteiger partial charge on any atom is 0.332 e. The highest BCUT2D eigenvalue weighted by Crippen LogP contribution is 2.18. The molecular formula is C10H17NO2. The van der Waals surface area contributed by atoms with Crippen LogP contribution in [0.3, 0.4) is 0 Å². The Morgan fingerprint density at radius 1 is 1.46 bits per heavy atom. The molecule has 0 heterocycles. The minimum atomic E-state index is -0.289. The number of methoxy groups -OCH3 is 1. The first-order valence-electron chi connectivity index (χ1n) is 4.75. The molecule has 0 bridgehead atoms. The third-order valence-corrected chi connectivity index (χ3v) is 2.32. The summed E-state index contributed by atoms with van der Waals surface area (Å²) in [4.78, 5) is 10.9. The molecule has 3 nitrogen and oxygen atoms in total. The third kappa shape index (κ3) is 3.49. The Hall–Kier alpha value is -0.990. The maximum atomic E-state index is 10.9. The molecule has 0 saturated heterocycles. The summed E-state index contributed by atoms with van der Waals surface area (Å²) in [5.41, 5.74) is 0.902. The molecule has 0 unspecified atom stereocenters.